The number of anilines is 1. The summed E-state index contributed by atoms with van der Waals surface area (Å²) < 4.78 is 27.4. The van der Waals surface area contributed by atoms with Gasteiger partial charge in [-0.25, -0.2) is 13.8 Å². The van der Waals surface area contributed by atoms with Gasteiger partial charge in [0.2, 0.25) is 0 Å². The average Bonchev–Trinajstić information content (AvgIpc) is 2.84. The van der Waals surface area contributed by atoms with E-state index < -0.39 is 23.1 Å². The molecule has 0 aliphatic heterocycles. The Bertz CT molecular complexity index is 898. The highest BCUT2D eigenvalue weighted by atomic mass is 35.5. The minimum atomic E-state index is -1.21. The third-order valence-electron chi connectivity index (χ3n) is 2.83. The number of aromatic nitrogens is 1. The molecule has 0 unspecified atom stereocenters. The standard InChI is InChI=1S/C14H6Cl2F2N2OS/c15-6-4-8(16)12-10(5-6)22-14(19-12)20-13(21)7-2-1-3-9(17)11(7)18/h1-5H,(H,19,20,21). The molecule has 1 aromatic heterocycles. The summed E-state index contributed by atoms with van der Waals surface area (Å²) in [5, 5.41) is 3.42. The van der Waals surface area contributed by atoms with Crippen LogP contribution in [0.4, 0.5) is 13.9 Å². The zero-order valence-electron chi connectivity index (χ0n) is 10.7. The first kappa shape index (κ1) is 15.1. The fourth-order valence-electron chi connectivity index (χ4n) is 1.85. The average molecular weight is 359 g/mol. The maximum atomic E-state index is 13.6. The molecule has 0 atom stereocenters. The fourth-order valence-corrected chi connectivity index (χ4v) is 3.44. The number of amides is 1. The van der Waals surface area contributed by atoms with Crippen LogP contribution in [0.25, 0.3) is 10.2 Å². The van der Waals surface area contributed by atoms with Crippen molar-refractivity contribution in [1.29, 1.82) is 0 Å². The first-order valence-corrected chi connectivity index (χ1v) is 7.54. The van der Waals surface area contributed by atoms with E-state index in [9.17, 15) is 13.6 Å². The molecule has 112 valence electrons. The second kappa shape index (κ2) is 5.79. The second-order valence-corrected chi connectivity index (χ2v) is 6.18. The van der Waals surface area contributed by atoms with Crippen LogP contribution in [0.5, 0.6) is 0 Å². The molecule has 2 aromatic carbocycles. The van der Waals surface area contributed by atoms with Crippen molar-refractivity contribution >= 4 is 55.8 Å². The van der Waals surface area contributed by atoms with Gasteiger partial charge in [0.15, 0.2) is 16.8 Å². The van der Waals surface area contributed by atoms with Crippen LogP contribution in [0.3, 0.4) is 0 Å². The van der Waals surface area contributed by atoms with Crippen molar-refractivity contribution < 1.29 is 13.6 Å². The molecular weight excluding hydrogens is 353 g/mol. The number of benzene rings is 2. The van der Waals surface area contributed by atoms with Crippen LogP contribution in [0.15, 0.2) is 30.3 Å². The Morgan fingerprint density at radius 3 is 2.77 bits per heavy atom. The fraction of sp³-hybridized carbons (Fsp3) is 0. The summed E-state index contributed by atoms with van der Waals surface area (Å²) in [5.41, 5.74) is 0.0782. The van der Waals surface area contributed by atoms with Gasteiger partial charge in [-0.1, -0.05) is 40.6 Å². The van der Waals surface area contributed by atoms with Crippen LogP contribution < -0.4 is 5.32 Å². The van der Waals surface area contributed by atoms with Gasteiger partial charge in [0.25, 0.3) is 5.91 Å². The molecule has 3 aromatic rings. The lowest BCUT2D eigenvalue weighted by atomic mass is 10.2. The monoisotopic (exact) mass is 358 g/mol. The Morgan fingerprint density at radius 2 is 2.00 bits per heavy atom. The van der Waals surface area contributed by atoms with Crippen LogP contribution in [-0.4, -0.2) is 10.9 Å². The van der Waals surface area contributed by atoms with Gasteiger partial charge in [-0.2, -0.15) is 0 Å². The predicted octanol–water partition coefficient (Wildman–Crippen LogP) is 5.13. The summed E-state index contributed by atoms with van der Waals surface area (Å²) in [6.07, 6.45) is 0. The molecule has 0 spiro atoms. The Morgan fingerprint density at radius 1 is 1.23 bits per heavy atom. The molecule has 1 heterocycles. The second-order valence-electron chi connectivity index (χ2n) is 4.31. The highest BCUT2D eigenvalue weighted by Gasteiger charge is 2.17. The molecule has 0 aliphatic rings. The molecule has 1 amide bonds. The molecule has 22 heavy (non-hydrogen) atoms. The van der Waals surface area contributed by atoms with E-state index in [1.807, 2.05) is 0 Å². The maximum Gasteiger partial charge on any atom is 0.260 e. The lowest BCUT2D eigenvalue weighted by Crippen LogP contribution is -2.14. The highest BCUT2D eigenvalue weighted by Crippen LogP contribution is 2.33. The Balaban J connectivity index is 1.94. The van der Waals surface area contributed by atoms with Crippen LogP contribution in [0.1, 0.15) is 10.4 Å². The van der Waals surface area contributed by atoms with Crippen LogP contribution in [0.2, 0.25) is 10.0 Å². The van der Waals surface area contributed by atoms with Crippen molar-refractivity contribution in [3.8, 4) is 0 Å². The van der Waals surface area contributed by atoms with E-state index in [4.69, 9.17) is 23.2 Å². The van der Waals surface area contributed by atoms with Gasteiger partial charge in [-0.15, -0.1) is 0 Å². The molecule has 8 heteroatoms. The molecule has 1 N–H and O–H groups in total. The van der Waals surface area contributed by atoms with Gasteiger partial charge in [0.1, 0.15) is 5.52 Å². The normalized spacial score (nSPS) is 10.9. The van der Waals surface area contributed by atoms with Gasteiger partial charge in [0.05, 0.1) is 15.3 Å². The Hall–Kier alpha value is -1.76. The van der Waals surface area contributed by atoms with Gasteiger partial charge >= 0.3 is 0 Å². The predicted molar refractivity (Wildman–Crippen MR) is 84.0 cm³/mol. The SMILES string of the molecule is O=C(Nc1nc2c(Cl)cc(Cl)cc2s1)c1cccc(F)c1F. The third-order valence-corrected chi connectivity index (χ3v) is 4.25. The summed E-state index contributed by atoms with van der Waals surface area (Å²) in [6, 6.07) is 6.56. The van der Waals surface area contributed by atoms with E-state index in [1.54, 1.807) is 6.07 Å². The summed E-state index contributed by atoms with van der Waals surface area (Å²) >= 11 is 13.0. The van der Waals surface area contributed by atoms with Crippen molar-refractivity contribution in [2.24, 2.45) is 0 Å². The van der Waals surface area contributed by atoms with E-state index in [-0.39, 0.29) is 5.13 Å². The lowest BCUT2D eigenvalue weighted by Gasteiger charge is -2.03. The van der Waals surface area contributed by atoms with Crippen molar-refractivity contribution in [3.63, 3.8) is 0 Å². The molecular formula is C14H6Cl2F2N2OS. The molecule has 3 rings (SSSR count). The van der Waals surface area contributed by atoms with E-state index >= 15 is 0 Å². The zero-order valence-corrected chi connectivity index (χ0v) is 13.0. The van der Waals surface area contributed by atoms with E-state index in [2.05, 4.69) is 10.3 Å². The van der Waals surface area contributed by atoms with E-state index in [0.29, 0.717) is 20.3 Å². The van der Waals surface area contributed by atoms with Crippen molar-refractivity contribution in [1.82, 2.24) is 4.98 Å². The summed E-state index contributed by atoms with van der Waals surface area (Å²) in [6.45, 7) is 0. The number of nitrogens with one attached hydrogen (secondary N) is 1. The van der Waals surface area contributed by atoms with Gasteiger partial charge in [-0.3, -0.25) is 10.1 Å². The van der Waals surface area contributed by atoms with Crippen molar-refractivity contribution in [3.05, 3.63) is 57.6 Å². The number of fused-ring (bicyclic) bond motifs is 1. The van der Waals surface area contributed by atoms with Gasteiger partial charge in [-0.05, 0) is 24.3 Å². The van der Waals surface area contributed by atoms with Gasteiger partial charge < -0.3 is 0 Å². The maximum absolute atomic E-state index is 13.6. The number of rotatable bonds is 2. The van der Waals surface area contributed by atoms with E-state index in [1.165, 1.54) is 18.2 Å². The number of nitrogens with zero attached hydrogens (tertiary/aromatic N) is 1. The number of carbonyl (C=O) groups is 1. The quantitative estimate of drug-likeness (QED) is 0.689. The topological polar surface area (TPSA) is 42.0 Å². The summed E-state index contributed by atoms with van der Waals surface area (Å²) in [7, 11) is 0. The summed E-state index contributed by atoms with van der Waals surface area (Å²) in [4.78, 5) is 16.2. The molecule has 0 saturated carbocycles. The Kier molecular flexibility index (Phi) is 3.99. The molecule has 0 aliphatic carbocycles. The molecule has 0 bridgehead atoms. The van der Waals surface area contributed by atoms with Crippen molar-refractivity contribution in [2.75, 3.05) is 5.32 Å². The van der Waals surface area contributed by atoms with Crippen LogP contribution in [-0.2, 0) is 0 Å². The minimum absolute atomic E-state index is 0.216. The largest absolute Gasteiger partial charge is 0.298 e. The molecule has 3 nitrogen and oxygen atoms in total. The number of thiazole rings is 1. The zero-order chi connectivity index (χ0) is 15.9. The van der Waals surface area contributed by atoms with Crippen LogP contribution in [0, 0.1) is 11.6 Å². The minimum Gasteiger partial charge on any atom is -0.298 e. The first-order valence-electron chi connectivity index (χ1n) is 5.96. The number of hydrogen-bond acceptors (Lipinski definition) is 3. The number of hydrogen-bond donors (Lipinski definition) is 1. The molecule has 0 radical (unpaired) electrons. The summed E-state index contributed by atoms with van der Waals surface area (Å²) in [5.74, 6) is -3.09. The van der Waals surface area contributed by atoms with Crippen molar-refractivity contribution in [2.45, 2.75) is 0 Å². The number of halogens is 4. The lowest BCUT2D eigenvalue weighted by molar-refractivity contribution is 0.102. The smallest absolute Gasteiger partial charge is 0.260 e. The Labute approximate surface area is 137 Å². The molecule has 0 fully saturated rings. The van der Waals surface area contributed by atoms with Gasteiger partial charge in [0, 0.05) is 5.02 Å². The van der Waals surface area contributed by atoms with E-state index in [0.717, 1.165) is 17.4 Å². The first-order chi connectivity index (χ1) is 10.5. The highest BCUT2D eigenvalue weighted by molar-refractivity contribution is 7.22. The molecule has 0 saturated heterocycles. The number of carbonyl (C=O) groups excluding carboxylic acids is 1. The van der Waals surface area contributed by atoms with Crippen LogP contribution >= 0.6 is 34.5 Å². The third kappa shape index (κ3) is 2.77.